The smallest absolute Gasteiger partial charge is 0.227 e. The molecule has 2 heterocycles. The fraction of sp³-hybridized carbons (Fsp3) is 0.929. The van der Waals surface area contributed by atoms with Gasteiger partial charge in [0.25, 0.3) is 0 Å². The molecular formula is C14H26N2O2S. The molecule has 0 bridgehead atoms. The van der Waals surface area contributed by atoms with Gasteiger partial charge in [-0.15, -0.1) is 0 Å². The summed E-state index contributed by atoms with van der Waals surface area (Å²) >= 11 is 2.00. The van der Waals surface area contributed by atoms with Crippen LogP contribution in [0.15, 0.2) is 0 Å². The number of nitrogens with one attached hydrogen (secondary N) is 2. The van der Waals surface area contributed by atoms with Crippen molar-refractivity contribution in [2.75, 3.05) is 32.1 Å². The fourth-order valence-electron chi connectivity index (χ4n) is 2.66. The van der Waals surface area contributed by atoms with Crippen LogP contribution in [0.2, 0.25) is 0 Å². The number of hydrogen-bond acceptors (Lipinski definition) is 4. The van der Waals surface area contributed by atoms with Gasteiger partial charge in [-0.1, -0.05) is 13.3 Å². The lowest BCUT2D eigenvalue weighted by Crippen LogP contribution is -2.45. The molecule has 2 saturated heterocycles. The van der Waals surface area contributed by atoms with Gasteiger partial charge in [-0.2, -0.15) is 11.8 Å². The maximum absolute atomic E-state index is 12.2. The first kappa shape index (κ1) is 15.1. The quantitative estimate of drug-likeness (QED) is 0.775. The molecule has 4 nitrogen and oxygen atoms in total. The molecule has 0 aliphatic carbocycles. The SMILES string of the molecule is CCCNC1COCC1C(=O)NCC1CCCCS1. The van der Waals surface area contributed by atoms with Gasteiger partial charge in [-0.3, -0.25) is 4.79 Å². The standard InChI is InChI=1S/C14H26N2O2S/c1-2-6-15-13-10-18-9-12(13)14(17)16-8-11-5-3-4-7-19-11/h11-13,15H,2-10H2,1H3,(H,16,17). The van der Waals surface area contributed by atoms with Crippen LogP contribution in [-0.2, 0) is 9.53 Å². The molecule has 2 rings (SSSR count). The maximum atomic E-state index is 12.2. The summed E-state index contributed by atoms with van der Waals surface area (Å²) < 4.78 is 5.45. The molecule has 0 spiro atoms. The minimum atomic E-state index is -0.0138. The third-order valence-electron chi connectivity index (χ3n) is 3.85. The van der Waals surface area contributed by atoms with Crippen LogP contribution in [0.1, 0.15) is 32.6 Å². The van der Waals surface area contributed by atoms with Crippen molar-refractivity contribution >= 4 is 17.7 Å². The fourth-order valence-corrected chi connectivity index (χ4v) is 3.90. The summed E-state index contributed by atoms with van der Waals surface area (Å²) in [5, 5.41) is 7.14. The van der Waals surface area contributed by atoms with Crippen molar-refractivity contribution in [2.45, 2.75) is 43.9 Å². The van der Waals surface area contributed by atoms with Crippen LogP contribution < -0.4 is 10.6 Å². The normalized spacial score (nSPS) is 31.3. The molecule has 3 atom stereocenters. The largest absolute Gasteiger partial charge is 0.379 e. The Morgan fingerprint density at radius 2 is 2.26 bits per heavy atom. The number of carbonyl (C=O) groups excluding carboxylic acids is 1. The summed E-state index contributed by atoms with van der Waals surface area (Å²) in [6, 6.07) is 0.193. The Labute approximate surface area is 120 Å². The first-order chi connectivity index (χ1) is 9.31. The maximum Gasteiger partial charge on any atom is 0.227 e. The second kappa shape index (κ2) is 8.12. The topological polar surface area (TPSA) is 50.4 Å². The van der Waals surface area contributed by atoms with E-state index in [-0.39, 0.29) is 17.9 Å². The van der Waals surface area contributed by atoms with E-state index in [9.17, 15) is 4.79 Å². The van der Waals surface area contributed by atoms with Crippen molar-refractivity contribution in [1.29, 1.82) is 0 Å². The van der Waals surface area contributed by atoms with Crippen molar-refractivity contribution in [3.05, 3.63) is 0 Å². The van der Waals surface area contributed by atoms with Gasteiger partial charge in [0.2, 0.25) is 5.91 Å². The number of carbonyl (C=O) groups is 1. The van der Waals surface area contributed by atoms with Crippen LogP contribution in [-0.4, -0.2) is 49.3 Å². The Kier molecular flexibility index (Phi) is 6.47. The zero-order valence-corrected chi connectivity index (χ0v) is 12.6. The molecule has 0 saturated carbocycles. The Bertz CT molecular complexity index is 283. The van der Waals surface area contributed by atoms with Gasteiger partial charge in [0, 0.05) is 17.8 Å². The highest BCUT2D eigenvalue weighted by atomic mass is 32.2. The van der Waals surface area contributed by atoms with Gasteiger partial charge in [0.15, 0.2) is 0 Å². The summed E-state index contributed by atoms with van der Waals surface area (Å²) in [4.78, 5) is 12.2. The molecule has 2 aliphatic heterocycles. The average Bonchev–Trinajstić information content (AvgIpc) is 2.92. The number of ether oxygens (including phenoxy) is 1. The van der Waals surface area contributed by atoms with Crippen molar-refractivity contribution in [2.24, 2.45) is 5.92 Å². The second-order valence-corrected chi connectivity index (χ2v) is 6.85. The van der Waals surface area contributed by atoms with Crippen LogP contribution >= 0.6 is 11.8 Å². The summed E-state index contributed by atoms with van der Waals surface area (Å²) in [5.74, 6) is 1.39. The van der Waals surface area contributed by atoms with Gasteiger partial charge >= 0.3 is 0 Å². The third-order valence-corrected chi connectivity index (χ3v) is 5.25. The lowest BCUT2D eigenvalue weighted by molar-refractivity contribution is -0.125. The zero-order chi connectivity index (χ0) is 13.5. The number of hydrogen-bond donors (Lipinski definition) is 2. The minimum Gasteiger partial charge on any atom is -0.379 e. The highest BCUT2D eigenvalue weighted by Gasteiger charge is 2.33. The summed E-state index contributed by atoms with van der Waals surface area (Å²) in [6.07, 6.45) is 4.96. The van der Waals surface area contributed by atoms with E-state index in [1.165, 1.54) is 25.0 Å². The van der Waals surface area contributed by atoms with E-state index in [1.54, 1.807) is 0 Å². The summed E-state index contributed by atoms with van der Waals surface area (Å²) in [7, 11) is 0. The molecule has 2 fully saturated rings. The lowest BCUT2D eigenvalue weighted by Gasteiger charge is -2.23. The van der Waals surface area contributed by atoms with E-state index in [2.05, 4.69) is 17.6 Å². The number of amides is 1. The van der Waals surface area contributed by atoms with E-state index in [4.69, 9.17) is 4.74 Å². The predicted octanol–water partition coefficient (Wildman–Crippen LogP) is 1.40. The summed E-state index contributed by atoms with van der Waals surface area (Å²) in [6.45, 7) is 5.14. The number of thioether (sulfide) groups is 1. The molecule has 2 N–H and O–H groups in total. The van der Waals surface area contributed by atoms with Crippen LogP contribution in [0.3, 0.4) is 0 Å². The molecule has 5 heteroatoms. The molecule has 19 heavy (non-hydrogen) atoms. The van der Waals surface area contributed by atoms with Crippen LogP contribution in [0.5, 0.6) is 0 Å². The highest BCUT2D eigenvalue weighted by molar-refractivity contribution is 7.99. The van der Waals surface area contributed by atoms with Crippen molar-refractivity contribution in [3.63, 3.8) is 0 Å². The Morgan fingerprint density at radius 1 is 1.37 bits per heavy atom. The van der Waals surface area contributed by atoms with Gasteiger partial charge in [0.1, 0.15) is 0 Å². The minimum absolute atomic E-state index is 0.0138. The highest BCUT2D eigenvalue weighted by Crippen LogP contribution is 2.24. The molecule has 0 aromatic rings. The molecule has 0 aromatic carbocycles. The van der Waals surface area contributed by atoms with Crippen molar-refractivity contribution in [3.8, 4) is 0 Å². The predicted molar refractivity (Wildman–Crippen MR) is 79.5 cm³/mol. The van der Waals surface area contributed by atoms with Gasteiger partial charge < -0.3 is 15.4 Å². The lowest BCUT2D eigenvalue weighted by atomic mass is 10.0. The van der Waals surface area contributed by atoms with Crippen LogP contribution in [0.25, 0.3) is 0 Å². The molecule has 110 valence electrons. The van der Waals surface area contributed by atoms with Crippen LogP contribution in [0, 0.1) is 5.92 Å². The first-order valence-corrected chi connectivity index (χ1v) is 8.56. The molecule has 0 aromatic heterocycles. The third kappa shape index (κ3) is 4.65. The Morgan fingerprint density at radius 3 is 3.00 bits per heavy atom. The Hall–Kier alpha value is -0.260. The van der Waals surface area contributed by atoms with Crippen LogP contribution in [0.4, 0.5) is 0 Å². The van der Waals surface area contributed by atoms with Crippen molar-refractivity contribution in [1.82, 2.24) is 10.6 Å². The van der Waals surface area contributed by atoms with Gasteiger partial charge in [0.05, 0.1) is 19.1 Å². The van der Waals surface area contributed by atoms with E-state index in [1.807, 2.05) is 11.8 Å². The van der Waals surface area contributed by atoms with E-state index >= 15 is 0 Å². The van der Waals surface area contributed by atoms with Gasteiger partial charge in [-0.05, 0) is 31.6 Å². The Balaban J connectivity index is 1.71. The van der Waals surface area contributed by atoms with E-state index < -0.39 is 0 Å². The van der Waals surface area contributed by atoms with Gasteiger partial charge in [-0.25, -0.2) is 0 Å². The molecule has 3 unspecified atom stereocenters. The zero-order valence-electron chi connectivity index (χ0n) is 11.8. The summed E-state index contributed by atoms with van der Waals surface area (Å²) in [5.41, 5.74) is 0. The monoisotopic (exact) mass is 286 g/mol. The molecule has 0 radical (unpaired) electrons. The molecule has 2 aliphatic rings. The molecular weight excluding hydrogens is 260 g/mol. The van der Waals surface area contributed by atoms with E-state index in [0.29, 0.717) is 18.5 Å². The van der Waals surface area contributed by atoms with Crippen molar-refractivity contribution < 1.29 is 9.53 Å². The van der Waals surface area contributed by atoms with E-state index in [0.717, 1.165) is 19.5 Å². The second-order valence-electron chi connectivity index (χ2n) is 5.44. The average molecular weight is 286 g/mol. The first-order valence-electron chi connectivity index (χ1n) is 7.51. The molecule has 1 amide bonds. The number of rotatable bonds is 6.